The van der Waals surface area contributed by atoms with E-state index in [4.69, 9.17) is 9.47 Å². The van der Waals surface area contributed by atoms with E-state index in [1.807, 2.05) is 41.0 Å². The molecule has 2 aromatic heterocycles. The molecule has 0 saturated heterocycles. The van der Waals surface area contributed by atoms with Crippen LogP contribution in [0.2, 0.25) is 0 Å². The first-order valence-electron chi connectivity index (χ1n) is 7.82. The molecule has 3 rings (SSSR count). The van der Waals surface area contributed by atoms with E-state index in [2.05, 4.69) is 23.9 Å². The largest absolute Gasteiger partial charge is 0.493 e. The van der Waals surface area contributed by atoms with Crippen molar-refractivity contribution in [3.63, 3.8) is 0 Å². The van der Waals surface area contributed by atoms with Crippen LogP contribution in [0.3, 0.4) is 0 Å². The number of methoxy groups -OCH3 is 2. The fourth-order valence-corrected chi connectivity index (χ4v) is 3.14. The lowest BCUT2D eigenvalue weighted by Gasteiger charge is -2.08. The number of benzene rings is 1. The van der Waals surface area contributed by atoms with Gasteiger partial charge in [0.2, 0.25) is 0 Å². The van der Waals surface area contributed by atoms with E-state index in [9.17, 15) is 0 Å². The molecule has 0 amide bonds. The Labute approximate surface area is 146 Å². The van der Waals surface area contributed by atoms with Crippen molar-refractivity contribution in [2.45, 2.75) is 18.9 Å². The van der Waals surface area contributed by atoms with Gasteiger partial charge in [-0.2, -0.15) is 5.10 Å². The van der Waals surface area contributed by atoms with Crippen molar-refractivity contribution in [3.05, 3.63) is 36.5 Å². The highest BCUT2D eigenvalue weighted by Gasteiger charge is 2.10. The molecule has 0 aliphatic carbocycles. The number of ether oxygens (including phenoxy) is 2. The highest BCUT2D eigenvalue weighted by Crippen LogP contribution is 2.32. The maximum Gasteiger partial charge on any atom is 0.161 e. The SMILES string of the molecule is COc1ccc(-c2cn3nc(SCC(C)C)ccc3n2)cc1OC. The summed E-state index contributed by atoms with van der Waals surface area (Å²) >= 11 is 1.76. The van der Waals surface area contributed by atoms with Crippen LogP contribution in [0.15, 0.2) is 41.6 Å². The number of hydrogen-bond acceptors (Lipinski definition) is 5. The average Bonchev–Trinajstić information content (AvgIpc) is 3.02. The van der Waals surface area contributed by atoms with Crippen molar-refractivity contribution in [1.29, 1.82) is 0 Å². The molecule has 5 nitrogen and oxygen atoms in total. The lowest BCUT2D eigenvalue weighted by molar-refractivity contribution is 0.355. The smallest absolute Gasteiger partial charge is 0.161 e. The van der Waals surface area contributed by atoms with Gasteiger partial charge in [0.15, 0.2) is 17.1 Å². The van der Waals surface area contributed by atoms with Gasteiger partial charge in [0.25, 0.3) is 0 Å². The maximum atomic E-state index is 5.37. The van der Waals surface area contributed by atoms with Crippen molar-refractivity contribution < 1.29 is 9.47 Å². The molecule has 0 N–H and O–H groups in total. The van der Waals surface area contributed by atoms with Crippen molar-refractivity contribution in [1.82, 2.24) is 14.6 Å². The van der Waals surface area contributed by atoms with E-state index in [1.165, 1.54) is 0 Å². The molecule has 0 aliphatic heterocycles. The number of fused-ring (bicyclic) bond motifs is 1. The Hall–Kier alpha value is -2.21. The van der Waals surface area contributed by atoms with Gasteiger partial charge < -0.3 is 9.47 Å². The molecular weight excluding hydrogens is 322 g/mol. The van der Waals surface area contributed by atoms with Gasteiger partial charge in [-0.05, 0) is 36.2 Å². The van der Waals surface area contributed by atoms with Gasteiger partial charge in [-0.15, -0.1) is 11.8 Å². The van der Waals surface area contributed by atoms with Crippen LogP contribution in [0.5, 0.6) is 11.5 Å². The Bertz CT molecular complexity index is 845. The quantitative estimate of drug-likeness (QED) is 0.629. The summed E-state index contributed by atoms with van der Waals surface area (Å²) in [5.41, 5.74) is 2.65. The Morgan fingerprint density at radius 2 is 1.88 bits per heavy atom. The first-order chi connectivity index (χ1) is 11.6. The zero-order valence-corrected chi connectivity index (χ0v) is 15.1. The number of nitrogens with zero attached hydrogens (tertiary/aromatic N) is 3. The molecule has 24 heavy (non-hydrogen) atoms. The van der Waals surface area contributed by atoms with Crippen molar-refractivity contribution in [2.75, 3.05) is 20.0 Å². The fraction of sp³-hybridized carbons (Fsp3) is 0.333. The van der Waals surface area contributed by atoms with Gasteiger partial charge in [-0.25, -0.2) is 9.50 Å². The van der Waals surface area contributed by atoms with Gasteiger partial charge in [0.1, 0.15) is 5.03 Å². The molecule has 0 radical (unpaired) electrons. The number of hydrogen-bond donors (Lipinski definition) is 0. The molecular formula is C18H21N3O2S. The number of thioether (sulfide) groups is 1. The number of rotatable bonds is 6. The van der Waals surface area contributed by atoms with Crippen LogP contribution < -0.4 is 9.47 Å². The topological polar surface area (TPSA) is 48.7 Å². The molecule has 6 heteroatoms. The Balaban J connectivity index is 1.93. The molecule has 126 valence electrons. The maximum absolute atomic E-state index is 5.37. The molecule has 1 aromatic carbocycles. The minimum atomic E-state index is 0.637. The highest BCUT2D eigenvalue weighted by molar-refractivity contribution is 7.99. The third kappa shape index (κ3) is 3.48. The molecule has 2 heterocycles. The summed E-state index contributed by atoms with van der Waals surface area (Å²) in [4.78, 5) is 4.65. The first kappa shape index (κ1) is 16.6. The summed E-state index contributed by atoms with van der Waals surface area (Å²) in [5.74, 6) is 3.08. The minimum absolute atomic E-state index is 0.637. The van der Waals surface area contributed by atoms with Crippen LogP contribution in [0, 0.1) is 5.92 Å². The van der Waals surface area contributed by atoms with Gasteiger partial charge in [-0.3, -0.25) is 0 Å². The second kappa shape index (κ2) is 7.13. The van der Waals surface area contributed by atoms with Crippen molar-refractivity contribution in [2.24, 2.45) is 5.92 Å². The summed E-state index contributed by atoms with van der Waals surface area (Å²) in [7, 11) is 3.26. The zero-order chi connectivity index (χ0) is 17.1. The van der Waals surface area contributed by atoms with Crippen LogP contribution in [0.4, 0.5) is 0 Å². The molecule has 0 fully saturated rings. The third-order valence-corrected chi connectivity index (χ3v) is 4.89. The third-order valence-electron chi connectivity index (χ3n) is 3.54. The van der Waals surface area contributed by atoms with Crippen LogP contribution in [-0.4, -0.2) is 34.6 Å². The van der Waals surface area contributed by atoms with Gasteiger partial charge >= 0.3 is 0 Å². The monoisotopic (exact) mass is 343 g/mol. The Kier molecular flexibility index (Phi) is 4.94. The fourth-order valence-electron chi connectivity index (χ4n) is 2.33. The van der Waals surface area contributed by atoms with Crippen LogP contribution >= 0.6 is 11.8 Å². The lowest BCUT2D eigenvalue weighted by atomic mass is 10.1. The van der Waals surface area contributed by atoms with E-state index in [-0.39, 0.29) is 0 Å². The second-order valence-electron chi connectivity index (χ2n) is 5.88. The molecule has 0 spiro atoms. The summed E-state index contributed by atoms with van der Waals surface area (Å²) in [6.07, 6.45) is 1.94. The normalized spacial score (nSPS) is 11.2. The van der Waals surface area contributed by atoms with E-state index >= 15 is 0 Å². The van der Waals surface area contributed by atoms with E-state index in [0.717, 1.165) is 27.7 Å². The predicted molar refractivity (Wildman–Crippen MR) is 97.1 cm³/mol. The lowest BCUT2D eigenvalue weighted by Crippen LogP contribution is -1.95. The van der Waals surface area contributed by atoms with E-state index in [0.29, 0.717) is 17.4 Å². The molecule has 0 saturated carbocycles. The van der Waals surface area contributed by atoms with Crippen LogP contribution in [-0.2, 0) is 0 Å². The van der Waals surface area contributed by atoms with Crippen LogP contribution in [0.1, 0.15) is 13.8 Å². The predicted octanol–water partition coefficient (Wildman–Crippen LogP) is 4.16. The molecule has 0 aliphatic rings. The molecule has 0 unspecified atom stereocenters. The summed E-state index contributed by atoms with van der Waals surface area (Å²) in [5, 5.41) is 5.64. The molecule has 0 bridgehead atoms. The van der Waals surface area contributed by atoms with E-state index < -0.39 is 0 Å². The van der Waals surface area contributed by atoms with E-state index in [1.54, 1.807) is 26.0 Å². The van der Waals surface area contributed by atoms with Gasteiger partial charge in [0, 0.05) is 11.3 Å². The highest BCUT2D eigenvalue weighted by atomic mass is 32.2. The van der Waals surface area contributed by atoms with Crippen molar-refractivity contribution >= 4 is 17.4 Å². The average molecular weight is 343 g/mol. The van der Waals surface area contributed by atoms with Gasteiger partial charge in [-0.1, -0.05) is 13.8 Å². The summed E-state index contributed by atoms with van der Waals surface area (Å²) < 4.78 is 12.5. The Morgan fingerprint density at radius 1 is 1.08 bits per heavy atom. The molecule has 0 atom stereocenters. The van der Waals surface area contributed by atoms with Crippen LogP contribution in [0.25, 0.3) is 16.9 Å². The first-order valence-corrected chi connectivity index (χ1v) is 8.81. The second-order valence-corrected chi connectivity index (χ2v) is 6.92. The van der Waals surface area contributed by atoms with Gasteiger partial charge in [0.05, 0.1) is 26.1 Å². The molecule has 3 aromatic rings. The zero-order valence-electron chi connectivity index (χ0n) is 14.3. The minimum Gasteiger partial charge on any atom is -0.493 e. The standard InChI is InChI=1S/C18H21N3O2S/c1-12(2)11-24-18-8-7-17-19-14(10-21(17)20-18)13-5-6-15(22-3)16(9-13)23-4/h5-10,12H,11H2,1-4H3. The number of aromatic nitrogens is 3. The summed E-state index contributed by atoms with van der Waals surface area (Å²) in [6, 6.07) is 9.80. The Morgan fingerprint density at radius 3 is 2.58 bits per heavy atom. The van der Waals surface area contributed by atoms with Crippen molar-refractivity contribution in [3.8, 4) is 22.8 Å². The summed E-state index contributed by atoms with van der Waals surface area (Å²) in [6.45, 7) is 4.41. The number of imidazole rings is 1.